The van der Waals surface area contributed by atoms with E-state index < -0.39 is 18.2 Å². The summed E-state index contributed by atoms with van der Waals surface area (Å²) in [5.41, 5.74) is 0.523. The molecular formula is C10H9F3O2. The average Bonchev–Trinajstić information content (AvgIpc) is 2.17. The third-order valence-corrected chi connectivity index (χ3v) is 1.78. The highest BCUT2D eigenvalue weighted by Crippen LogP contribution is 2.23. The Hall–Kier alpha value is -1.52. The summed E-state index contributed by atoms with van der Waals surface area (Å²) in [5, 5.41) is 0. The number of hydrogen-bond donors (Lipinski definition) is 0. The molecule has 1 atom stereocenters. The largest absolute Gasteiger partial charge is 0.490 e. The lowest BCUT2D eigenvalue weighted by atomic mass is 10.1. The Morgan fingerprint density at radius 3 is 2.27 bits per heavy atom. The standard InChI is InChI=1S/C10H9F3O2/c1-7(8-5-3-2-4-6-8)15-9(14)10(11,12)13/h2-7H,1H3/t7-/m0/s1. The Balaban J connectivity index is 2.65. The Morgan fingerprint density at radius 1 is 1.27 bits per heavy atom. The minimum absolute atomic E-state index is 0.523. The average molecular weight is 218 g/mol. The van der Waals surface area contributed by atoms with Crippen LogP contribution < -0.4 is 0 Å². The molecule has 0 saturated heterocycles. The quantitative estimate of drug-likeness (QED) is 0.713. The third kappa shape index (κ3) is 3.27. The van der Waals surface area contributed by atoms with Crippen molar-refractivity contribution in [3.8, 4) is 0 Å². The number of carbonyl (C=O) groups is 1. The first-order valence-corrected chi connectivity index (χ1v) is 4.24. The topological polar surface area (TPSA) is 26.3 Å². The fourth-order valence-electron chi connectivity index (χ4n) is 1.02. The molecule has 0 N–H and O–H groups in total. The minimum atomic E-state index is -4.94. The lowest BCUT2D eigenvalue weighted by Crippen LogP contribution is -2.26. The Kier molecular flexibility index (Phi) is 3.34. The second-order valence-electron chi connectivity index (χ2n) is 2.96. The van der Waals surface area contributed by atoms with E-state index in [4.69, 9.17) is 0 Å². The van der Waals surface area contributed by atoms with E-state index in [1.165, 1.54) is 6.92 Å². The van der Waals surface area contributed by atoms with Crippen LogP contribution in [0.25, 0.3) is 0 Å². The SMILES string of the molecule is C[C@H](OC(=O)C(F)(F)F)c1ccccc1. The number of hydrogen-bond acceptors (Lipinski definition) is 2. The first-order valence-electron chi connectivity index (χ1n) is 4.24. The van der Waals surface area contributed by atoms with E-state index in [2.05, 4.69) is 4.74 Å². The molecule has 0 aliphatic heterocycles. The number of carbonyl (C=O) groups excluding carboxylic acids is 1. The number of alkyl halides is 3. The zero-order chi connectivity index (χ0) is 11.5. The van der Waals surface area contributed by atoms with Crippen molar-refractivity contribution in [1.82, 2.24) is 0 Å². The molecule has 0 aromatic heterocycles. The highest BCUT2D eigenvalue weighted by atomic mass is 19.4. The molecule has 0 spiro atoms. The lowest BCUT2D eigenvalue weighted by Gasteiger charge is -2.14. The summed E-state index contributed by atoms with van der Waals surface area (Å²) < 4.78 is 39.8. The zero-order valence-electron chi connectivity index (χ0n) is 7.91. The van der Waals surface area contributed by atoms with Gasteiger partial charge in [0.2, 0.25) is 0 Å². The first kappa shape index (κ1) is 11.6. The maximum absolute atomic E-state index is 11.9. The molecule has 0 bridgehead atoms. The summed E-state index contributed by atoms with van der Waals surface area (Å²) in [6, 6.07) is 8.23. The highest BCUT2D eigenvalue weighted by Gasteiger charge is 2.41. The summed E-state index contributed by atoms with van der Waals surface area (Å²) in [6.45, 7) is 1.39. The smallest absolute Gasteiger partial charge is 0.451 e. The van der Waals surface area contributed by atoms with Crippen molar-refractivity contribution in [3.05, 3.63) is 35.9 Å². The van der Waals surface area contributed by atoms with Crippen molar-refractivity contribution in [1.29, 1.82) is 0 Å². The second kappa shape index (κ2) is 4.33. The van der Waals surface area contributed by atoms with Crippen LogP contribution in [0, 0.1) is 0 Å². The van der Waals surface area contributed by atoms with Gasteiger partial charge in [-0.2, -0.15) is 13.2 Å². The Bertz CT molecular complexity index is 332. The summed E-state index contributed by atoms with van der Waals surface area (Å²) in [4.78, 5) is 10.5. The molecule has 0 aliphatic carbocycles. The van der Waals surface area contributed by atoms with Crippen LogP contribution in [0.15, 0.2) is 30.3 Å². The van der Waals surface area contributed by atoms with E-state index >= 15 is 0 Å². The summed E-state index contributed by atoms with van der Waals surface area (Å²) in [7, 11) is 0. The van der Waals surface area contributed by atoms with Crippen molar-refractivity contribution >= 4 is 5.97 Å². The monoisotopic (exact) mass is 218 g/mol. The molecular weight excluding hydrogens is 209 g/mol. The van der Waals surface area contributed by atoms with Crippen LogP contribution in [0.2, 0.25) is 0 Å². The number of rotatable bonds is 2. The van der Waals surface area contributed by atoms with Gasteiger partial charge in [0.25, 0.3) is 0 Å². The number of esters is 1. The maximum Gasteiger partial charge on any atom is 0.490 e. The fourth-order valence-corrected chi connectivity index (χ4v) is 1.02. The van der Waals surface area contributed by atoms with E-state index in [1.807, 2.05) is 0 Å². The predicted molar refractivity (Wildman–Crippen MR) is 47.0 cm³/mol. The van der Waals surface area contributed by atoms with Crippen LogP contribution in [0.3, 0.4) is 0 Å². The van der Waals surface area contributed by atoms with Gasteiger partial charge in [0.15, 0.2) is 0 Å². The normalized spacial score (nSPS) is 13.3. The van der Waals surface area contributed by atoms with Crippen LogP contribution in [-0.4, -0.2) is 12.1 Å². The van der Waals surface area contributed by atoms with Crippen LogP contribution in [-0.2, 0) is 9.53 Å². The van der Waals surface area contributed by atoms with Gasteiger partial charge < -0.3 is 4.74 Å². The van der Waals surface area contributed by atoms with Gasteiger partial charge in [-0.3, -0.25) is 0 Å². The van der Waals surface area contributed by atoms with E-state index in [0.717, 1.165) is 0 Å². The molecule has 2 nitrogen and oxygen atoms in total. The predicted octanol–water partition coefficient (Wildman–Crippen LogP) is 2.85. The molecule has 0 heterocycles. The van der Waals surface area contributed by atoms with Gasteiger partial charge in [-0.1, -0.05) is 30.3 Å². The van der Waals surface area contributed by atoms with Crippen LogP contribution in [0.5, 0.6) is 0 Å². The van der Waals surface area contributed by atoms with Crippen molar-refractivity contribution in [2.45, 2.75) is 19.2 Å². The molecule has 15 heavy (non-hydrogen) atoms. The van der Waals surface area contributed by atoms with Gasteiger partial charge in [-0.05, 0) is 12.5 Å². The van der Waals surface area contributed by atoms with Gasteiger partial charge in [0.1, 0.15) is 6.10 Å². The maximum atomic E-state index is 11.9. The van der Waals surface area contributed by atoms with Crippen molar-refractivity contribution < 1.29 is 22.7 Å². The molecule has 1 rings (SSSR count). The molecule has 82 valence electrons. The van der Waals surface area contributed by atoms with Crippen LogP contribution >= 0.6 is 0 Å². The van der Waals surface area contributed by atoms with Crippen LogP contribution in [0.1, 0.15) is 18.6 Å². The molecule has 0 aliphatic rings. The van der Waals surface area contributed by atoms with E-state index in [1.54, 1.807) is 30.3 Å². The number of halogens is 3. The summed E-state index contributed by atoms with van der Waals surface area (Å²) in [5.74, 6) is -2.17. The molecule has 0 amide bonds. The molecule has 1 aromatic carbocycles. The molecule has 0 saturated carbocycles. The Morgan fingerprint density at radius 2 is 1.80 bits per heavy atom. The van der Waals surface area contributed by atoms with Crippen molar-refractivity contribution in [2.24, 2.45) is 0 Å². The number of ether oxygens (including phenoxy) is 1. The molecule has 0 radical (unpaired) electrons. The molecule has 0 fully saturated rings. The summed E-state index contributed by atoms with van der Waals surface area (Å²) >= 11 is 0. The fraction of sp³-hybridized carbons (Fsp3) is 0.300. The van der Waals surface area contributed by atoms with Gasteiger partial charge >= 0.3 is 12.1 Å². The van der Waals surface area contributed by atoms with Crippen LogP contribution in [0.4, 0.5) is 13.2 Å². The van der Waals surface area contributed by atoms with E-state index in [-0.39, 0.29) is 0 Å². The first-order chi connectivity index (χ1) is 6.91. The molecule has 5 heteroatoms. The summed E-state index contributed by atoms with van der Waals surface area (Å²) in [6.07, 6.45) is -5.84. The van der Waals surface area contributed by atoms with Gasteiger partial charge in [-0.25, -0.2) is 4.79 Å². The van der Waals surface area contributed by atoms with Crippen molar-refractivity contribution in [2.75, 3.05) is 0 Å². The molecule has 1 aromatic rings. The second-order valence-corrected chi connectivity index (χ2v) is 2.96. The van der Waals surface area contributed by atoms with E-state index in [9.17, 15) is 18.0 Å². The third-order valence-electron chi connectivity index (χ3n) is 1.78. The van der Waals surface area contributed by atoms with Gasteiger partial charge in [0.05, 0.1) is 0 Å². The Labute approximate surface area is 84.7 Å². The molecule has 0 unspecified atom stereocenters. The minimum Gasteiger partial charge on any atom is -0.451 e. The lowest BCUT2D eigenvalue weighted by molar-refractivity contribution is -0.204. The van der Waals surface area contributed by atoms with Crippen molar-refractivity contribution in [3.63, 3.8) is 0 Å². The van der Waals surface area contributed by atoms with E-state index in [0.29, 0.717) is 5.56 Å². The van der Waals surface area contributed by atoms with Gasteiger partial charge in [0, 0.05) is 0 Å². The highest BCUT2D eigenvalue weighted by molar-refractivity contribution is 5.75. The number of benzene rings is 1. The van der Waals surface area contributed by atoms with Gasteiger partial charge in [-0.15, -0.1) is 0 Å². The zero-order valence-corrected chi connectivity index (χ0v) is 7.91.